The third kappa shape index (κ3) is 6.22. The number of hydrogen-bond acceptors (Lipinski definition) is 6. The number of aromatic nitrogens is 3. The Morgan fingerprint density at radius 3 is 2.62 bits per heavy atom. The molecule has 2 aromatic heterocycles. The number of fused-ring (bicyclic) bond motifs is 2. The molecule has 2 heterocycles. The lowest BCUT2D eigenvalue weighted by molar-refractivity contribution is 0.0895. The second-order valence-corrected chi connectivity index (χ2v) is 19.4. The van der Waals surface area contributed by atoms with Gasteiger partial charge in [-0.1, -0.05) is 24.0 Å². The molecule has 39 heavy (non-hydrogen) atoms. The third-order valence-corrected chi connectivity index (χ3v) is 9.57. The molecule has 0 spiro atoms. The summed E-state index contributed by atoms with van der Waals surface area (Å²) in [6.07, 6.45) is 1.88. The first-order valence-corrected chi connectivity index (χ1v) is 17.8. The lowest BCUT2D eigenvalue weighted by atomic mass is 10.0. The lowest BCUT2D eigenvalue weighted by Crippen LogP contribution is -2.28. The lowest BCUT2D eigenvalue weighted by Gasteiger charge is -2.21. The summed E-state index contributed by atoms with van der Waals surface area (Å²) < 4.78 is 31.7. The molecule has 206 valence electrons. The van der Waals surface area contributed by atoms with Crippen molar-refractivity contribution < 1.29 is 14.0 Å². The maximum absolute atomic E-state index is 13.5. The summed E-state index contributed by atoms with van der Waals surface area (Å²) in [5, 5.41) is 10.5. The molecule has 1 atom stereocenters. The van der Waals surface area contributed by atoms with E-state index in [1.807, 2.05) is 62.7 Å². The second-order valence-electron chi connectivity index (χ2n) is 11.9. The molecule has 0 saturated carbocycles. The molecule has 0 bridgehead atoms. The number of H-pyrrole nitrogens is 1. The number of rotatable bonds is 9. The molecule has 0 fully saturated rings. The van der Waals surface area contributed by atoms with Gasteiger partial charge < -0.3 is 19.0 Å². The van der Waals surface area contributed by atoms with Gasteiger partial charge in [-0.15, -0.1) is 0 Å². The predicted molar refractivity (Wildman–Crippen MR) is 162 cm³/mol. The van der Waals surface area contributed by atoms with Crippen molar-refractivity contribution in [3.8, 4) is 11.8 Å². The Balaban J connectivity index is 2.00. The van der Waals surface area contributed by atoms with Crippen LogP contribution in [0.15, 0.2) is 40.9 Å². The summed E-state index contributed by atoms with van der Waals surface area (Å²) in [5.74, 6) is 1.12. The fourth-order valence-corrected chi connectivity index (χ4v) is 5.61. The van der Waals surface area contributed by atoms with Crippen LogP contribution in [-0.2, 0) is 22.8 Å². The maximum atomic E-state index is 13.5. The molecule has 0 saturated heterocycles. The number of nitrogens with one attached hydrogen (secondary N) is 1. The SMILES string of the molecule is COc1cc(C)c2[nH]ccc2c1C(=N[S+]([O-])C(C)(C)C)c1nc2ccc(C#N)cc2n1COCC[Si](C)(C)C. The first kappa shape index (κ1) is 28.9. The summed E-state index contributed by atoms with van der Waals surface area (Å²) in [6.45, 7) is 15.5. The quantitative estimate of drug-likeness (QED) is 0.111. The van der Waals surface area contributed by atoms with Crippen LogP contribution in [0.3, 0.4) is 0 Å². The minimum absolute atomic E-state index is 0.219. The Kier molecular flexibility index (Phi) is 8.28. The topological polar surface area (TPSA) is 111 Å². The van der Waals surface area contributed by atoms with E-state index in [1.165, 1.54) is 0 Å². The van der Waals surface area contributed by atoms with Crippen molar-refractivity contribution >= 4 is 47.1 Å². The standard InChI is InChI=1S/C29H37N5O3SSi/c1-19-15-24(36-5)25(21-11-12-31-26(19)21)27(33-38(35)29(2,3)4)28-32-22-10-9-20(17-30)16-23(22)34(28)18-37-13-14-39(6,7)8/h9-12,15-16,31H,13-14,18H2,1-8H3. The molecule has 1 N–H and O–H groups in total. The highest BCUT2D eigenvalue weighted by molar-refractivity contribution is 7.91. The van der Waals surface area contributed by atoms with Crippen molar-refractivity contribution in [3.05, 3.63) is 59.0 Å². The summed E-state index contributed by atoms with van der Waals surface area (Å²) in [5.41, 5.74) is 5.10. The monoisotopic (exact) mass is 563 g/mol. The van der Waals surface area contributed by atoms with Crippen molar-refractivity contribution in [3.63, 3.8) is 0 Å². The highest BCUT2D eigenvalue weighted by Gasteiger charge is 2.32. The molecule has 0 aliphatic rings. The van der Waals surface area contributed by atoms with Crippen LogP contribution in [0.5, 0.6) is 5.75 Å². The van der Waals surface area contributed by atoms with E-state index in [1.54, 1.807) is 13.2 Å². The van der Waals surface area contributed by atoms with E-state index in [2.05, 4.69) is 30.7 Å². The highest BCUT2D eigenvalue weighted by atomic mass is 32.2. The van der Waals surface area contributed by atoms with Crippen LogP contribution in [-0.4, -0.2) is 51.3 Å². The summed E-state index contributed by atoms with van der Waals surface area (Å²) in [7, 11) is 0.326. The minimum Gasteiger partial charge on any atom is -0.591 e. The number of methoxy groups -OCH3 is 1. The molecule has 8 nitrogen and oxygen atoms in total. The van der Waals surface area contributed by atoms with Gasteiger partial charge in [0.15, 0.2) is 11.5 Å². The van der Waals surface area contributed by atoms with E-state index in [4.69, 9.17) is 18.9 Å². The molecule has 10 heteroatoms. The normalized spacial score (nSPS) is 13.7. The van der Waals surface area contributed by atoms with E-state index in [-0.39, 0.29) is 6.73 Å². The Bertz CT molecular complexity index is 1570. The summed E-state index contributed by atoms with van der Waals surface area (Å²) in [6, 6.07) is 12.5. The number of aromatic amines is 1. The largest absolute Gasteiger partial charge is 0.591 e. The zero-order chi connectivity index (χ0) is 28.5. The van der Waals surface area contributed by atoms with E-state index in [0.717, 1.165) is 28.0 Å². The zero-order valence-electron chi connectivity index (χ0n) is 24.0. The van der Waals surface area contributed by atoms with Gasteiger partial charge in [0.1, 0.15) is 28.6 Å². The van der Waals surface area contributed by atoms with Crippen LogP contribution in [0.1, 0.15) is 43.3 Å². The van der Waals surface area contributed by atoms with Gasteiger partial charge in [0.2, 0.25) is 0 Å². The fraction of sp³-hybridized carbons (Fsp3) is 0.414. The molecule has 4 rings (SSSR count). The van der Waals surface area contributed by atoms with E-state index < -0.39 is 24.2 Å². The van der Waals surface area contributed by atoms with Gasteiger partial charge >= 0.3 is 0 Å². The number of nitriles is 1. The minimum atomic E-state index is -1.59. The van der Waals surface area contributed by atoms with Crippen molar-refractivity contribution in [1.82, 2.24) is 14.5 Å². The zero-order valence-corrected chi connectivity index (χ0v) is 25.8. The van der Waals surface area contributed by atoms with Crippen LogP contribution in [0.25, 0.3) is 21.9 Å². The Morgan fingerprint density at radius 1 is 1.23 bits per heavy atom. The molecule has 0 aliphatic carbocycles. The van der Waals surface area contributed by atoms with Crippen molar-refractivity contribution in [2.75, 3.05) is 13.7 Å². The van der Waals surface area contributed by atoms with Crippen molar-refractivity contribution in [2.45, 2.75) is 64.9 Å². The van der Waals surface area contributed by atoms with Crippen LogP contribution >= 0.6 is 0 Å². The molecular formula is C29H37N5O3SSi. The Morgan fingerprint density at radius 2 is 1.97 bits per heavy atom. The van der Waals surface area contributed by atoms with Crippen LogP contribution in [0.2, 0.25) is 25.7 Å². The molecular weight excluding hydrogens is 527 g/mol. The fourth-order valence-electron chi connectivity index (χ4n) is 4.24. The molecule has 2 aromatic carbocycles. The molecule has 0 radical (unpaired) electrons. The number of imidazole rings is 1. The smallest absolute Gasteiger partial charge is 0.168 e. The summed E-state index contributed by atoms with van der Waals surface area (Å²) in [4.78, 5) is 8.28. The van der Waals surface area contributed by atoms with Crippen molar-refractivity contribution in [1.29, 1.82) is 5.26 Å². The predicted octanol–water partition coefficient (Wildman–Crippen LogP) is 6.32. The van der Waals surface area contributed by atoms with Gasteiger partial charge in [0.05, 0.1) is 35.3 Å². The van der Waals surface area contributed by atoms with Gasteiger partial charge in [-0.05, 0) is 69.6 Å². The first-order valence-electron chi connectivity index (χ1n) is 13.0. The number of aryl methyl sites for hydroxylation is 1. The molecule has 4 aromatic rings. The maximum Gasteiger partial charge on any atom is 0.168 e. The third-order valence-electron chi connectivity index (χ3n) is 6.47. The van der Waals surface area contributed by atoms with E-state index >= 15 is 0 Å². The van der Waals surface area contributed by atoms with Gasteiger partial charge in [-0.3, -0.25) is 4.57 Å². The number of nitrogens with zero attached hydrogens (tertiary/aromatic N) is 4. The second kappa shape index (κ2) is 11.2. The summed E-state index contributed by atoms with van der Waals surface area (Å²) >= 11 is -1.59. The van der Waals surface area contributed by atoms with Crippen LogP contribution < -0.4 is 4.74 Å². The number of benzene rings is 2. The van der Waals surface area contributed by atoms with E-state index in [9.17, 15) is 9.81 Å². The Labute approximate surface area is 234 Å². The number of ether oxygens (including phenoxy) is 2. The number of hydrogen-bond donors (Lipinski definition) is 1. The first-order chi connectivity index (χ1) is 18.3. The Hall–Kier alpha value is -3.10. The van der Waals surface area contributed by atoms with Gasteiger partial charge in [-0.25, -0.2) is 4.98 Å². The van der Waals surface area contributed by atoms with Gasteiger partial charge in [-0.2, -0.15) is 5.26 Å². The van der Waals surface area contributed by atoms with E-state index in [0.29, 0.717) is 40.5 Å². The molecule has 0 amide bonds. The molecule has 1 unspecified atom stereocenters. The highest BCUT2D eigenvalue weighted by Crippen LogP contribution is 2.35. The average molecular weight is 564 g/mol. The van der Waals surface area contributed by atoms with Crippen LogP contribution in [0.4, 0.5) is 0 Å². The van der Waals surface area contributed by atoms with Crippen molar-refractivity contribution in [2.24, 2.45) is 4.40 Å². The van der Waals surface area contributed by atoms with Crippen LogP contribution in [0, 0.1) is 18.3 Å². The average Bonchev–Trinajstić information content (AvgIpc) is 3.49. The molecule has 0 aliphatic heterocycles. The van der Waals surface area contributed by atoms with Gasteiger partial charge in [0, 0.05) is 31.8 Å². The van der Waals surface area contributed by atoms with Gasteiger partial charge in [0.25, 0.3) is 0 Å².